The number of hydrogen-bond acceptors (Lipinski definition) is 4. The molecule has 4 rings (SSSR count). The summed E-state index contributed by atoms with van der Waals surface area (Å²) >= 11 is 0. The van der Waals surface area contributed by atoms with Crippen molar-refractivity contribution >= 4 is 12.3 Å². The fourth-order valence-electron chi connectivity index (χ4n) is 6.49. The van der Waals surface area contributed by atoms with Crippen molar-refractivity contribution in [3.63, 3.8) is 0 Å². The molecular formula is C24H30O4. The Labute approximate surface area is 167 Å². The predicted molar refractivity (Wildman–Crippen MR) is 108 cm³/mol. The van der Waals surface area contributed by atoms with E-state index in [0.29, 0.717) is 12.0 Å². The van der Waals surface area contributed by atoms with Crippen LogP contribution in [0.25, 0.3) is 0 Å². The lowest BCUT2D eigenvalue weighted by Crippen LogP contribution is -2.79. The molecule has 4 heteroatoms. The van der Waals surface area contributed by atoms with Crippen LogP contribution in [0.1, 0.15) is 65.2 Å². The van der Waals surface area contributed by atoms with Gasteiger partial charge in [-0.3, -0.25) is 0 Å². The zero-order valence-electron chi connectivity index (χ0n) is 16.9. The van der Waals surface area contributed by atoms with Crippen LogP contribution >= 0.6 is 0 Å². The van der Waals surface area contributed by atoms with Gasteiger partial charge in [-0.2, -0.15) is 0 Å². The van der Waals surface area contributed by atoms with E-state index < -0.39 is 16.4 Å². The summed E-state index contributed by atoms with van der Waals surface area (Å²) in [4.78, 5) is 25.5. The lowest BCUT2D eigenvalue weighted by Gasteiger charge is -2.72. The topological polar surface area (TPSA) is 63.6 Å². The van der Waals surface area contributed by atoms with Gasteiger partial charge in [-0.25, -0.2) is 4.79 Å². The van der Waals surface area contributed by atoms with Crippen LogP contribution in [0.5, 0.6) is 0 Å². The summed E-state index contributed by atoms with van der Waals surface area (Å²) in [7, 11) is 0. The number of rotatable bonds is 6. The van der Waals surface area contributed by atoms with Crippen molar-refractivity contribution in [3.8, 4) is 0 Å². The number of ether oxygens (including phenoxy) is 1. The molecule has 4 atom stereocenters. The molecule has 0 bridgehead atoms. The summed E-state index contributed by atoms with van der Waals surface area (Å²) in [5, 5.41) is 11.4. The normalized spacial score (nSPS) is 38.9. The summed E-state index contributed by atoms with van der Waals surface area (Å²) in [6.45, 7) is 4.16. The predicted octanol–water partition coefficient (Wildman–Crippen LogP) is 5.12. The molecule has 1 saturated carbocycles. The van der Waals surface area contributed by atoms with Crippen molar-refractivity contribution in [2.45, 2.75) is 70.8 Å². The number of aliphatic hydroxyl groups is 1. The smallest absolute Gasteiger partial charge is 0.339 e. The van der Waals surface area contributed by atoms with Gasteiger partial charge < -0.3 is 14.6 Å². The number of allylic oxidation sites excluding steroid dienone is 4. The van der Waals surface area contributed by atoms with Crippen molar-refractivity contribution in [1.82, 2.24) is 0 Å². The average molecular weight is 383 g/mol. The van der Waals surface area contributed by atoms with E-state index in [2.05, 4.69) is 19.9 Å². The number of fused-ring (bicyclic) bond motifs is 3. The summed E-state index contributed by atoms with van der Waals surface area (Å²) in [6.07, 6.45) is 17.1. The molecule has 0 saturated heterocycles. The molecule has 1 heterocycles. The molecule has 0 aromatic rings. The molecule has 4 nitrogen and oxygen atoms in total. The Morgan fingerprint density at radius 1 is 1.29 bits per heavy atom. The standard InChI is InChI=1S/C24H30O4/c1-3-5-13-20(26)23-15-9-8-14-22(23,16-25)19(10-4-2)24(23)18-12-7-6-11-17(18)21(27)28-24/h6,8,11,13-14,16,19,26H,3-5,7,9-10,12,15H2,1-2H3/b20-13-/t19?,22-,23?,24+/m1/s1. The molecular weight excluding hydrogens is 352 g/mol. The number of carbonyl (C=O) groups is 2. The molecule has 0 aromatic heterocycles. The van der Waals surface area contributed by atoms with Gasteiger partial charge in [-0.05, 0) is 50.2 Å². The first-order valence-corrected chi connectivity index (χ1v) is 10.7. The van der Waals surface area contributed by atoms with E-state index in [1.165, 1.54) is 0 Å². The number of aldehydes is 1. The van der Waals surface area contributed by atoms with Crippen molar-refractivity contribution in [2.75, 3.05) is 0 Å². The summed E-state index contributed by atoms with van der Waals surface area (Å²) < 4.78 is 6.24. The van der Waals surface area contributed by atoms with Gasteiger partial charge in [-0.15, -0.1) is 0 Å². The van der Waals surface area contributed by atoms with Gasteiger partial charge in [0.15, 0.2) is 5.60 Å². The van der Waals surface area contributed by atoms with Gasteiger partial charge in [0.25, 0.3) is 0 Å². The Balaban J connectivity index is 1.99. The fraction of sp³-hybridized carbons (Fsp3) is 0.583. The highest BCUT2D eigenvalue weighted by Gasteiger charge is 2.85. The van der Waals surface area contributed by atoms with Crippen LogP contribution in [0.2, 0.25) is 0 Å². The molecule has 0 aromatic carbocycles. The van der Waals surface area contributed by atoms with E-state index in [-0.39, 0.29) is 17.6 Å². The largest absolute Gasteiger partial charge is 0.512 e. The average Bonchev–Trinajstić information content (AvgIpc) is 3.04. The van der Waals surface area contributed by atoms with Crippen LogP contribution in [-0.2, 0) is 14.3 Å². The monoisotopic (exact) mass is 382 g/mol. The number of esters is 1. The summed E-state index contributed by atoms with van der Waals surface area (Å²) in [5.41, 5.74) is -0.963. The molecule has 1 aliphatic heterocycles. The molecule has 28 heavy (non-hydrogen) atoms. The van der Waals surface area contributed by atoms with Crippen LogP contribution in [0, 0.1) is 16.7 Å². The minimum absolute atomic E-state index is 0.140. The second-order valence-corrected chi connectivity index (χ2v) is 8.57. The van der Waals surface area contributed by atoms with Crippen LogP contribution < -0.4 is 0 Å². The van der Waals surface area contributed by atoms with E-state index in [1.807, 2.05) is 24.3 Å². The lowest BCUT2D eigenvalue weighted by molar-refractivity contribution is -0.269. The molecule has 1 N–H and O–H groups in total. The van der Waals surface area contributed by atoms with Crippen molar-refractivity contribution in [2.24, 2.45) is 16.7 Å². The maximum atomic E-state index is 12.9. The van der Waals surface area contributed by atoms with Gasteiger partial charge >= 0.3 is 5.97 Å². The highest BCUT2D eigenvalue weighted by Crippen LogP contribution is 2.78. The molecule has 4 aliphatic rings. The third-order valence-electron chi connectivity index (χ3n) is 7.45. The second kappa shape index (κ2) is 6.75. The number of unbranched alkanes of at least 4 members (excludes halogenated alkanes) is 1. The Bertz CT molecular complexity index is 816. The van der Waals surface area contributed by atoms with Gasteiger partial charge in [0, 0.05) is 5.92 Å². The van der Waals surface area contributed by atoms with Crippen LogP contribution in [0.4, 0.5) is 0 Å². The van der Waals surface area contributed by atoms with Crippen LogP contribution in [0.15, 0.2) is 47.3 Å². The second-order valence-electron chi connectivity index (χ2n) is 8.57. The Morgan fingerprint density at radius 3 is 2.82 bits per heavy atom. The molecule has 0 amide bonds. The number of aliphatic hydroxyl groups excluding tert-OH is 1. The fourth-order valence-corrected chi connectivity index (χ4v) is 6.49. The van der Waals surface area contributed by atoms with Gasteiger partial charge in [-0.1, -0.05) is 51.0 Å². The van der Waals surface area contributed by atoms with Crippen molar-refractivity contribution in [1.29, 1.82) is 0 Å². The molecule has 1 spiro atoms. The van der Waals surface area contributed by atoms with E-state index in [0.717, 1.165) is 56.8 Å². The SMILES string of the molecule is CCC/C=C(\O)C12CCC=C[C@@]1(C=O)C(CCC)[C@]21OC(=O)C2=C1CCC=C2. The first-order chi connectivity index (χ1) is 13.6. The molecule has 150 valence electrons. The molecule has 2 unspecified atom stereocenters. The maximum absolute atomic E-state index is 12.9. The van der Waals surface area contributed by atoms with Gasteiger partial charge in [0.1, 0.15) is 12.0 Å². The third kappa shape index (κ3) is 2.01. The van der Waals surface area contributed by atoms with Gasteiger partial charge in [0.2, 0.25) is 0 Å². The third-order valence-corrected chi connectivity index (χ3v) is 7.45. The molecule has 1 fully saturated rings. The summed E-state index contributed by atoms with van der Waals surface area (Å²) in [6, 6.07) is 0. The first kappa shape index (κ1) is 19.2. The van der Waals surface area contributed by atoms with E-state index in [9.17, 15) is 14.7 Å². The summed E-state index contributed by atoms with van der Waals surface area (Å²) in [5.74, 6) is -0.211. The van der Waals surface area contributed by atoms with E-state index >= 15 is 0 Å². The number of hydrogen-bond donors (Lipinski definition) is 1. The Morgan fingerprint density at radius 2 is 2.11 bits per heavy atom. The van der Waals surface area contributed by atoms with Gasteiger partial charge in [0.05, 0.1) is 16.4 Å². The molecule has 3 aliphatic carbocycles. The lowest BCUT2D eigenvalue weighted by atomic mass is 9.31. The van der Waals surface area contributed by atoms with Crippen molar-refractivity contribution < 1.29 is 19.4 Å². The zero-order chi connectivity index (χ0) is 20.0. The van der Waals surface area contributed by atoms with Crippen LogP contribution in [0.3, 0.4) is 0 Å². The minimum atomic E-state index is -0.903. The van der Waals surface area contributed by atoms with Crippen molar-refractivity contribution in [3.05, 3.63) is 47.3 Å². The Hall–Kier alpha value is -2.10. The molecule has 0 radical (unpaired) electrons. The zero-order valence-corrected chi connectivity index (χ0v) is 16.9. The quantitative estimate of drug-likeness (QED) is 0.300. The van der Waals surface area contributed by atoms with E-state index in [4.69, 9.17) is 4.74 Å². The van der Waals surface area contributed by atoms with Crippen LogP contribution in [-0.4, -0.2) is 23.0 Å². The maximum Gasteiger partial charge on any atom is 0.339 e. The minimum Gasteiger partial charge on any atom is -0.512 e. The highest BCUT2D eigenvalue weighted by molar-refractivity contribution is 5.98. The number of carbonyl (C=O) groups excluding carboxylic acids is 2. The Kier molecular flexibility index (Phi) is 4.64. The first-order valence-electron chi connectivity index (χ1n) is 10.7. The highest BCUT2D eigenvalue weighted by atomic mass is 16.6. The van der Waals surface area contributed by atoms with E-state index in [1.54, 1.807) is 0 Å².